The van der Waals surface area contributed by atoms with Crippen molar-refractivity contribution in [3.8, 4) is 16.9 Å². The van der Waals surface area contributed by atoms with Gasteiger partial charge in [0, 0.05) is 23.1 Å². The number of carbonyl (C=O) groups is 2. The number of aromatic carboxylic acids is 1. The molecule has 142 valence electrons. The van der Waals surface area contributed by atoms with Crippen molar-refractivity contribution in [2.75, 3.05) is 5.32 Å². The summed E-state index contributed by atoms with van der Waals surface area (Å²) >= 11 is 1.01. The number of thiophene rings is 1. The number of anilines is 1. The lowest BCUT2D eigenvalue weighted by Gasteiger charge is -2.07. The van der Waals surface area contributed by atoms with Gasteiger partial charge < -0.3 is 15.5 Å². The number of amides is 1. The summed E-state index contributed by atoms with van der Waals surface area (Å²) in [6, 6.07) is 10.3. The predicted octanol–water partition coefficient (Wildman–Crippen LogP) is 4.29. The van der Waals surface area contributed by atoms with Crippen molar-refractivity contribution in [2.24, 2.45) is 0 Å². The first-order valence-corrected chi connectivity index (χ1v) is 8.86. The lowest BCUT2D eigenvalue weighted by Crippen LogP contribution is -2.14. The van der Waals surface area contributed by atoms with E-state index >= 15 is 0 Å². The highest BCUT2D eigenvalue weighted by Gasteiger charge is 2.23. The number of aromatic hydroxyl groups is 1. The van der Waals surface area contributed by atoms with Gasteiger partial charge in [0.2, 0.25) is 0 Å². The minimum absolute atomic E-state index is 0.0685. The summed E-state index contributed by atoms with van der Waals surface area (Å²) in [4.78, 5) is 34.5. The molecule has 1 aromatic heterocycles. The summed E-state index contributed by atoms with van der Waals surface area (Å²) in [7, 11) is 0. The summed E-state index contributed by atoms with van der Waals surface area (Å²) < 4.78 is 0. The first kappa shape index (κ1) is 19.1. The van der Waals surface area contributed by atoms with E-state index in [2.05, 4.69) is 5.32 Å². The number of nitro benzene ring substituents is 1. The number of nitrogens with zero attached hydrogens (tertiary/aromatic N) is 1. The number of nitrogens with one attached hydrogen (secondary N) is 1. The molecule has 0 unspecified atom stereocenters. The molecule has 3 N–H and O–H groups in total. The molecule has 8 nitrogen and oxygen atoms in total. The molecule has 0 aliphatic carbocycles. The van der Waals surface area contributed by atoms with Crippen molar-refractivity contribution in [1.82, 2.24) is 0 Å². The molecule has 9 heteroatoms. The molecular formula is C19H14N2O6S. The van der Waals surface area contributed by atoms with Crippen LogP contribution in [0.4, 0.5) is 10.7 Å². The summed E-state index contributed by atoms with van der Waals surface area (Å²) in [6.07, 6.45) is 0. The number of phenols is 1. The Morgan fingerprint density at radius 2 is 1.82 bits per heavy atom. The van der Waals surface area contributed by atoms with E-state index in [4.69, 9.17) is 0 Å². The van der Waals surface area contributed by atoms with Crippen LogP contribution >= 0.6 is 11.3 Å². The Morgan fingerprint density at radius 3 is 2.43 bits per heavy atom. The fourth-order valence-corrected chi connectivity index (χ4v) is 3.55. The number of nitro groups is 1. The maximum Gasteiger partial charge on any atom is 0.339 e. The highest BCUT2D eigenvalue weighted by molar-refractivity contribution is 7.15. The highest BCUT2D eigenvalue weighted by Crippen LogP contribution is 2.36. The van der Waals surface area contributed by atoms with E-state index in [1.54, 1.807) is 17.5 Å². The van der Waals surface area contributed by atoms with Crippen molar-refractivity contribution in [3.05, 3.63) is 74.6 Å². The number of hydrogen-bond acceptors (Lipinski definition) is 6. The number of aryl methyl sites for hydroxylation is 1. The van der Waals surface area contributed by atoms with Gasteiger partial charge in [0.05, 0.1) is 10.5 Å². The van der Waals surface area contributed by atoms with Crippen LogP contribution in [0, 0.1) is 17.0 Å². The number of rotatable bonds is 5. The molecule has 3 aromatic rings. The van der Waals surface area contributed by atoms with E-state index in [9.17, 15) is 29.9 Å². The second kappa shape index (κ2) is 7.49. The van der Waals surface area contributed by atoms with Crippen LogP contribution in [0.3, 0.4) is 0 Å². The van der Waals surface area contributed by atoms with Gasteiger partial charge in [-0.15, -0.1) is 11.3 Å². The molecule has 0 spiro atoms. The molecule has 3 rings (SSSR count). The van der Waals surface area contributed by atoms with Crippen molar-refractivity contribution in [3.63, 3.8) is 0 Å². The Labute approximate surface area is 162 Å². The van der Waals surface area contributed by atoms with Crippen LogP contribution in [-0.4, -0.2) is 27.0 Å². The number of carboxylic acids is 1. The molecule has 1 heterocycles. The number of non-ortho nitro benzene ring substituents is 1. The van der Waals surface area contributed by atoms with Gasteiger partial charge in [-0.1, -0.05) is 29.8 Å². The smallest absolute Gasteiger partial charge is 0.339 e. The zero-order chi connectivity index (χ0) is 20.4. The van der Waals surface area contributed by atoms with Gasteiger partial charge in [0.25, 0.3) is 11.6 Å². The maximum absolute atomic E-state index is 12.5. The first-order chi connectivity index (χ1) is 13.3. The van der Waals surface area contributed by atoms with Crippen LogP contribution in [0.2, 0.25) is 0 Å². The Balaban J connectivity index is 1.98. The van der Waals surface area contributed by atoms with E-state index in [-0.39, 0.29) is 21.8 Å². The highest BCUT2D eigenvalue weighted by atomic mass is 32.1. The van der Waals surface area contributed by atoms with Crippen LogP contribution in [0.5, 0.6) is 5.75 Å². The fraction of sp³-hybridized carbons (Fsp3) is 0.0526. The number of hydrogen-bond donors (Lipinski definition) is 3. The third-order valence-corrected chi connectivity index (χ3v) is 4.93. The molecular weight excluding hydrogens is 384 g/mol. The summed E-state index contributed by atoms with van der Waals surface area (Å²) in [5, 5.41) is 34.5. The molecule has 0 aliphatic heterocycles. The van der Waals surface area contributed by atoms with Crippen molar-refractivity contribution >= 4 is 33.9 Å². The number of carboxylic acid groups (broad SMARTS) is 1. The molecule has 0 saturated heterocycles. The van der Waals surface area contributed by atoms with Crippen LogP contribution in [0.15, 0.2) is 47.8 Å². The van der Waals surface area contributed by atoms with E-state index < -0.39 is 22.5 Å². The molecule has 0 bridgehead atoms. The van der Waals surface area contributed by atoms with Gasteiger partial charge in [-0.3, -0.25) is 14.9 Å². The number of benzene rings is 2. The topological polar surface area (TPSA) is 130 Å². The zero-order valence-electron chi connectivity index (χ0n) is 14.5. The summed E-state index contributed by atoms with van der Waals surface area (Å²) in [5.74, 6) is -2.52. The van der Waals surface area contributed by atoms with Gasteiger partial charge in [0.1, 0.15) is 16.3 Å². The normalized spacial score (nSPS) is 10.5. The average molecular weight is 398 g/mol. The van der Waals surface area contributed by atoms with E-state index in [0.717, 1.165) is 35.1 Å². The van der Waals surface area contributed by atoms with Crippen LogP contribution < -0.4 is 5.32 Å². The van der Waals surface area contributed by atoms with Crippen molar-refractivity contribution in [2.45, 2.75) is 6.92 Å². The Morgan fingerprint density at radius 1 is 1.14 bits per heavy atom. The van der Waals surface area contributed by atoms with Crippen molar-refractivity contribution < 1.29 is 24.7 Å². The second-order valence-electron chi connectivity index (χ2n) is 5.94. The van der Waals surface area contributed by atoms with Crippen molar-refractivity contribution in [1.29, 1.82) is 0 Å². The standard InChI is InChI=1S/C19H14N2O6S/c1-10-2-4-11(5-3-10)14-9-28-18(16(14)19(24)25)20-17(23)13-8-12(21(26)27)6-7-15(13)22/h2-9,22H,1H3,(H,20,23)(H,24,25). The quantitative estimate of drug-likeness (QED) is 0.434. The first-order valence-electron chi connectivity index (χ1n) is 7.98. The van der Waals surface area contributed by atoms with Gasteiger partial charge in [-0.25, -0.2) is 4.79 Å². The largest absolute Gasteiger partial charge is 0.507 e. The van der Waals surface area contributed by atoms with Crippen LogP contribution in [-0.2, 0) is 0 Å². The predicted molar refractivity (Wildman–Crippen MR) is 104 cm³/mol. The second-order valence-corrected chi connectivity index (χ2v) is 6.82. The SMILES string of the molecule is Cc1ccc(-c2csc(NC(=O)c3cc([N+](=O)[O-])ccc3O)c2C(=O)O)cc1. The molecule has 2 aromatic carbocycles. The summed E-state index contributed by atoms with van der Waals surface area (Å²) in [6.45, 7) is 1.91. The van der Waals surface area contributed by atoms with E-state index in [1.807, 2.05) is 19.1 Å². The number of carbonyl (C=O) groups excluding carboxylic acids is 1. The van der Waals surface area contributed by atoms with Gasteiger partial charge >= 0.3 is 5.97 Å². The Bertz CT molecular complexity index is 1090. The molecule has 28 heavy (non-hydrogen) atoms. The molecule has 0 saturated carbocycles. The van der Waals surface area contributed by atoms with Crippen LogP contribution in [0.1, 0.15) is 26.3 Å². The minimum Gasteiger partial charge on any atom is -0.507 e. The molecule has 0 aliphatic rings. The number of phenolic OH excluding ortho intramolecular Hbond substituents is 1. The minimum atomic E-state index is -1.23. The lowest BCUT2D eigenvalue weighted by atomic mass is 10.0. The third-order valence-electron chi connectivity index (χ3n) is 4.03. The molecule has 0 fully saturated rings. The monoisotopic (exact) mass is 398 g/mol. The molecule has 0 radical (unpaired) electrons. The fourth-order valence-electron chi connectivity index (χ4n) is 2.60. The van der Waals surface area contributed by atoms with E-state index in [0.29, 0.717) is 11.1 Å². The van der Waals surface area contributed by atoms with E-state index in [1.165, 1.54) is 0 Å². The Kier molecular flexibility index (Phi) is 5.10. The summed E-state index contributed by atoms with van der Waals surface area (Å²) in [5.41, 5.74) is 1.36. The Hall–Kier alpha value is -3.72. The van der Waals surface area contributed by atoms with Gasteiger partial charge in [-0.2, -0.15) is 0 Å². The third kappa shape index (κ3) is 3.69. The maximum atomic E-state index is 12.5. The van der Waals surface area contributed by atoms with Crippen LogP contribution in [0.25, 0.3) is 11.1 Å². The average Bonchev–Trinajstić information content (AvgIpc) is 3.06. The zero-order valence-corrected chi connectivity index (χ0v) is 15.3. The van der Waals surface area contributed by atoms with Gasteiger partial charge in [-0.05, 0) is 18.6 Å². The molecule has 1 amide bonds. The van der Waals surface area contributed by atoms with Gasteiger partial charge in [0.15, 0.2) is 0 Å². The lowest BCUT2D eigenvalue weighted by molar-refractivity contribution is -0.384. The molecule has 0 atom stereocenters.